The number of alkyl halides is 3. The first-order chi connectivity index (χ1) is 9.92. The molecule has 1 rings (SSSR count). The minimum atomic E-state index is -4.66. The summed E-state index contributed by atoms with van der Waals surface area (Å²) in [4.78, 5) is 24.1. The van der Waals surface area contributed by atoms with Crippen LogP contribution in [0.4, 0.5) is 13.2 Å². The van der Waals surface area contributed by atoms with E-state index in [0.29, 0.717) is 0 Å². The van der Waals surface area contributed by atoms with Crippen molar-refractivity contribution >= 4 is 21.8 Å². The zero-order valence-electron chi connectivity index (χ0n) is 12.3. The quantitative estimate of drug-likeness (QED) is 0.803. The Morgan fingerprint density at radius 2 is 2.00 bits per heavy atom. The second-order valence-corrected chi connectivity index (χ2v) is 7.46. The predicted molar refractivity (Wildman–Crippen MR) is 72.1 cm³/mol. The molecule has 0 aromatic carbocycles. The molecule has 1 aliphatic heterocycles. The topological polar surface area (TPSA) is 83.6 Å². The molecule has 1 fully saturated rings. The van der Waals surface area contributed by atoms with E-state index in [1.165, 1.54) is 0 Å². The number of amides is 2. The molecule has 1 N–H and O–H groups in total. The first-order valence-corrected chi connectivity index (χ1v) is 8.46. The largest absolute Gasteiger partial charge is 0.400 e. The lowest BCUT2D eigenvalue weighted by Gasteiger charge is -2.32. The molecule has 1 atom stereocenters. The first kappa shape index (κ1) is 18.7. The number of sulfonamides is 1. The highest BCUT2D eigenvalue weighted by Crippen LogP contribution is 2.33. The monoisotopic (exact) mass is 344 g/mol. The summed E-state index contributed by atoms with van der Waals surface area (Å²) in [5.41, 5.74) is 0. The van der Waals surface area contributed by atoms with Crippen molar-refractivity contribution < 1.29 is 31.2 Å². The number of nitrogens with one attached hydrogen (secondary N) is 1. The number of hydrogen-bond acceptors (Lipinski definition) is 4. The Morgan fingerprint density at radius 3 is 2.50 bits per heavy atom. The lowest BCUT2D eigenvalue weighted by Crippen LogP contribution is -2.50. The van der Waals surface area contributed by atoms with Crippen LogP contribution >= 0.6 is 0 Å². The molecule has 1 unspecified atom stereocenters. The van der Waals surface area contributed by atoms with Crippen molar-refractivity contribution in [1.82, 2.24) is 9.62 Å². The van der Waals surface area contributed by atoms with E-state index in [4.69, 9.17) is 0 Å². The maximum absolute atomic E-state index is 12.7. The lowest BCUT2D eigenvalue weighted by atomic mass is 9.96. The van der Waals surface area contributed by atoms with Crippen LogP contribution in [0.2, 0.25) is 0 Å². The van der Waals surface area contributed by atoms with Crippen LogP contribution in [-0.2, 0) is 19.6 Å². The third-order valence-electron chi connectivity index (χ3n) is 3.08. The molecule has 1 heterocycles. The number of carbonyl (C=O) groups is 2. The fourth-order valence-corrected chi connectivity index (χ4v) is 3.63. The first-order valence-electron chi connectivity index (χ1n) is 6.81. The summed E-state index contributed by atoms with van der Waals surface area (Å²) in [6, 6.07) is 0. The Kier molecular flexibility index (Phi) is 5.82. The van der Waals surface area contributed by atoms with Gasteiger partial charge in [-0.15, -0.1) is 0 Å². The van der Waals surface area contributed by atoms with Crippen LogP contribution in [-0.4, -0.2) is 50.2 Å². The highest BCUT2D eigenvalue weighted by Gasteiger charge is 2.48. The normalized spacial score (nSPS) is 20.4. The summed E-state index contributed by atoms with van der Waals surface area (Å²) in [6.45, 7) is 2.60. The van der Waals surface area contributed by atoms with Crippen LogP contribution in [0.5, 0.6) is 0 Å². The molecule has 2 amide bonds. The van der Waals surface area contributed by atoms with Gasteiger partial charge in [-0.3, -0.25) is 14.3 Å². The van der Waals surface area contributed by atoms with Gasteiger partial charge in [0.1, 0.15) is 12.5 Å². The SMILES string of the molecule is CC(C)CS(=O)(=O)NC(=O)CN1CCCC(C(F)(F)F)C1=O. The second-order valence-electron chi connectivity index (χ2n) is 5.70. The Hall–Kier alpha value is -1.32. The molecule has 6 nitrogen and oxygen atoms in total. The average Bonchev–Trinajstić information content (AvgIpc) is 2.27. The zero-order valence-corrected chi connectivity index (χ0v) is 13.1. The van der Waals surface area contributed by atoms with Crippen LogP contribution < -0.4 is 4.72 Å². The predicted octanol–water partition coefficient (Wildman–Crippen LogP) is 0.889. The van der Waals surface area contributed by atoms with Gasteiger partial charge in [-0.1, -0.05) is 13.8 Å². The van der Waals surface area contributed by atoms with Gasteiger partial charge < -0.3 is 4.90 Å². The van der Waals surface area contributed by atoms with Crippen LogP contribution in [0.3, 0.4) is 0 Å². The molecule has 0 aliphatic carbocycles. The molecule has 0 aromatic rings. The van der Waals surface area contributed by atoms with Crippen molar-refractivity contribution in [2.24, 2.45) is 11.8 Å². The molecule has 0 spiro atoms. The summed E-state index contributed by atoms with van der Waals surface area (Å²) < 4.78 is 63.0. The van der Waals surface area contributed by atoms with Crippen LogP contribution in [0.1, 0.15) is 26.7 Å². The molecule has 10 heteroatoms. The van der Waals surface area contributed by atoms with E-state index in [9.17, 15) is 31.2 Å². The van der Waals surface area contributed by atoms with Gasteiger partial charge in [-0.25, -0.2) is 8.42 Å². The van der Waals surface area contributed by atoms with E-state index in [0.717, 1.165) is 4.90 Å². The summed E-state index contributed by atoms with van der Waals surface area (Å²) in [7, 11) is -3.85. The zero-order chi connectivity index (χ0) is 17.1. The van der Waals surface area contributed by atoms with E-state index in [1.54, 1.807) is 18.6 Å². The molecule has 0 bridgehead atoms. The van der Waals surface area contributed by atoms with E-state index in [1.807, 2.05) is 0 Å². The summed E-state index contributed by atoms with van der Waals surface area (Å²) in [5.74, 6) is -4.80. The molecular formula is C12H19F3N2O4S. The molecule has 0 saturated carbocycles. The van der Waals surface area contributed by atoms with Crippen molar-refractivity contribution in [2.45, 2.75) is 32.9 Å². The van der Waals surface area contributed by atoms with Crippen molar-refractivity contribution in [3.8, 4) is 0 Å². The van der Waals surface area contributed by atoms with Gasteiger partial charge in [0.25, 0.3) is 5.91 Å². The lowest BCUT2D eigenvalue weighted by molar-refractivity contribution is -0.195. The van der Waals surface area contributed by atoms with Crippen molar-refractivity contribution in [3.63, 3.8) is 0 Å². The van der Waals surface area contributed by atoms with Crippen LogP contribution in [0.15, 0.2) is 0 Å². The minimum Gasteiger partial charge on any atom is -0.333 e. The summed E-state index contributed by atoms with van der Waals surface area (Å²) in [5, 5.41) is 0. The number of piperidine rings is 1. The fraction of sp³-hybridized carbons (Fsp3) is 0.833. The number of rotatable bonds is 5. The average molecular weight is 344 g/mol. The number of likely N-dealkylation sites (tertiary alicyclic amines) is 1. The number of carbonyl (C=O) groups excluding carboxylic acids is 2. The van der Waals surface area contributed by atoms with Crippen molar-refractivity contribution in [2.75, 3.05) is 18.8 Å². The van der Waals surface area contributed by atoms with Crippen molar-refractivity contribution in [1.29, 1.82) is 0 Å². The molecule has 1 saturated heterocycles. The number of hydrogen-bond donors (Lipinski definition) is 1. The van der Waals surface area contributed by atoms with E-state index >= 15 is 0 Å². The van der Waals surface area contributed by atoms with E-state index in [2.05, 4.69) is 0 Å². The van der Waals surface area contributed by atoms with Gasteiger partial charge in [0.15, 0.2) is 0 Å². The molecule has 1 aliphatic rings. The van der Waals surface area contributed by atoms with Crippen LogP contribution in [0.25, 0.3) is 0 Å². The molecule has 22 heavy (non-hydrogen) atoms. The third-order valence-corrected chi connectivity index (χ3v) is 4.73. The summed E-state index contributed by atoms with van der Waals surface area (Å²) in [6.07, 6.45) is -4.86. The maximum atomic E-state index is 12.7. The molecule has 128 valence electrons. The number of nitrogens with zero attached hydrogens (tertiary/aromatic N) is 1. The smallest absolute Gasteiger partial charge is 0.333 e. The Balaban J connectivity index is 2.66. The van der Waals surface area contributed by atoms with Gasteiger partial charge in [0, 0.05) is 6.54 Å². The third kappa shape index (κ3) is 5.47. The van der Waals surface area contributed by atoms with E-state index < -0.39 is 40.5 Å². The Morgan fingerprint density at radius 1 is 1.41 bits per heavy atom. The van der Waals surface area contributed by atoms with Gasteiger partial charge in [-0.05, 0) is 18.8 Å². The fourth-order valence-electron chi connectivity index (χ4n) is 2.26. The number of halogens is 3. The van der Waals surface area contributed by atoms with Gasteiger partial charge in [0.05, 0.1) is 5.75 Å². The standard InChI is InChI=1S/C12H19F3N2O4S/c1-8(2)7-22(20,21)16-10(18)6-17-5-3-4-9(11(17)19)12(13,14)15/h8-9H,3-7H2,1-2H3,(H,16,18). The Labute approximate surface area is 127 Å². The van der Waals surface area contributed by atoms with Gasteiger partial charge in [-0.2, -0.15) is 13.2 Å². The highest BCUT2D eigenvalue weighted by molar-refractivity contribution is 7.90. The minimum absolute atomic E-state index is 0.00304. The van der Waals surface area contributed by atoms with Gasteiger partial charge in [0.2, 0.25) is 15.9 Å². The Bertz CT molecular complexity index is 531. The molecular weight excluding hydrogens is 325 g/mol. The van der Waals surface area contributed by atoms with Crippen LogP contribution in [0, 0.1) is 11.8 Å². The van der Waals surface area contributed by atoms with Gasteiger partial charge >= 0.3 is 6.18 Å². The maximum Gasteiger partial charge on any atom is 0.400 e. The molecule has 0 radical (unpaired) electrons. The summed E-state index contributed by atoms with van der Waals surface area (Å²) >= 11 is 0. The van der Waals surface area contributed by atoms with Crippen molar-refractivity contribution in [3.05, 3.63) is 0 Å². The second kappa shape index (κ2) is 6.84. The highest BCUT2D eigenvalue weighted by atomic mass is 32.2. The molecule has 0 aromatic heterocycles. The van der Waals surface area contributed by atoms with E-state index in [-0.39, 0.29) is 31.1 Å².